The van der Waals surface area contributed by atoms with Crippen LogP contribution in [0.2, 0.25) is 5.02 Å². The first-order valence-corrected chi connectivity index (χ1v) is 5.20. The lowest BCUT2D eigenvalue weighted by Crippen LogP contribution is -2.05. The van der Waals surface area contributed by atoms with Crippen LogP contribution in [0.5, 0.6) is 5.75 Å². The van der Waals surface area contributed by atoms with Crippen LogP contribution in [0.1, 0.15) is 31.0 Å². The van der Waals surface area contributed by atoms with Gasteiger partial charge < -0.3 is 10.5 Å². The summed E-state index contributed by atoms with van der Waals surface area (Å²) >= 11 is 6.10. The summed E-state index contributed by atoms with van der Waals surface area (Å²) in [6, 6.07) is 4.01. The maximum atomic E-state index is 6.10. The number of hydrogen-bond acceptors (Lipinski definition) is 2. The molecule has 0 bridgehead atoms. The van der Waals surface area contributed by atoms with Crippen molar-refractivity contribution >= 4 is 11.6 Å². The van der Waals surface area contributed by atoms with Gasteiger partial charge in [-0.1, -0.05) is 17.7 Å². The molecule has 0 spiro atoms. The third-order valence-electron chi connectivity index (χ3n) is 2.50. The Morgan fingerprint density at radius 2 is 2.29 bits per heavy atom. The maximum Gasteiger partial charge on any atom is 0.141 e. The molecule has 0 saturated heterocycles. The lowest BCUT2D eigenvalue weighted by atomic mass is 10.0. The fourth-order valence-electron chi connectivity index (χ4n) is 1.77. The Balaban J connectivity index is 2.46. The van der Waals surface area contributed by atoms with E-state index in [-0.39, 0.29) is 12.1 Å². The van der Waals surface area contributed by atoms with E-state index in [4.69, 9.17) is 22.1 Å². The Labute approximate surface area is 89.0 Å². The molecule has 2 atom stereocenters. The minimum Gasteiger partial charge on any atom is -0.489 e. The van der Waals surface area contributed by atoms with Crippen LogP contribution in [0.4, 0.5) is 0 Å². The number of fused-ring (bicyclic) bond motifs is 1. The molecule has 0 saturated carbocycles. The van der Waals surface area contributed by atoms with Crippen LogP contribution in [0, 0.1) is 0 Å². The molecule has 1 heterocycles. The summed E-state index contributed by atoms with van der Waals surface area (Å²) in [4.78, 5) is 0. The molecule has 14 heavy (non-hydrogen) atoms. The van der Waals surface area contributed by atoms with E-state index in [0.717, 1.165) is 17.7 Å². The molecule has 3 heteroatoms. The molecular weight excluding hydrogens is 198 g/mol. The van der Waals surface area contributed by atoms with E-state index in [2.05, 4.69) is 6.07 Å². The number of benzene rings is 1. The second-order valence-corrected chi connectivity index (χ2v) is 4.32. The molecule has 76 valence electrons. The second kappa shape index (κ2) is 3.44. The summed E-state index contributed by atoms with van der Waals surface area (Å²) in [7, 11) is 0. The van der Waals surface area contributed by atoms with E-state index in [0.29, 0.717) is 5.02 Å². The molecule has 0 radical (unpaired) electrons. The zero-order valence-corrected chi connectivity index (χ0v) is 9.14. The van der Waals surface area contributed by atoms with E-state index < -0.39 is 0 Å². The van der Waals surface area contributed by atoms with Gasteiger partial charge >= 0.3 is 0 Å². The van der Waals surface area contributed by atoms with Crippen molar-refractivity contribution in [3.8, 4) is 5.75 Å². The molecule has 0 amide bonds. The van der Waals surface area contributed by atoms with E-state index in [1.54, 1.807) is 0 Å². The smallest absolute Gasteiger partial charge is 0.141 e. The van der Waals surface area contributed by atoms with Gasteiger partial charge in [-0.05, 0) is 31.0 Å². The number of hydrogen-bond donors (Lipinski definition) is 1. The van der Waals surface area contributed by atoms with Crippen LogP contribution in [-0.2, 0) is 6.42 Å². The topological polar surface area (TPSA) is 35.2 Å². The number of rotatable bonds is 1. The zero-order valence-electron chi connectivity index (χ0n) is 8.38. The molecular formula is C11H14ClNO. The largest absolute Gasteiger partial charge is 0.489 e. The van der Waals surface area contributed by atoms with Crippen molar-refractivity contribution < 1.29 is 4.74 Å². The first-order valence-electron chi connectivity index (χ1n) is 4.82. The molecule has 2 nitrogen and oxygen atoms in total. The summed E-state index contributed by atoms with van der Waals surface area (Å²) < 4.78 is 5.60. The monoisotopic (exact) mass is 211 g/mol. The molecule has 2 rings (SSSR count). The normalized spacial score (nSPS) is 21.6. The predicted molar refractivity (Wildman–Crippen MR) is 57.8 cm³/mol. The molecule has 2 unspecified atom stereocenters. The molecule has 1 aromatic rings. The van der Waals surface area contributed by atoms with Gasteiger partial charge in [-0.15, -0.1) is 0 Å². The van der Waals surface area contributed by atoms with Crippen LogP contribution in [-0.4, -0.2) is 6.10 Å². The highest BCUT2D eigenvalue weighted by atomic mass is 35.5. The maximum absolute atomic E-state index is 6.10. The molecule has 0 fully saturated rings. The average molecular weight is 212 g/mol. The molecule has 2 N–H and O–H groups in total. The van der Waals surface area contributed by atoms with Gasteiger partial charge in [0.25, 0.3) is 0 Å². The first-order chi connectivity index (χ1) is 6.58. The number of halogens is 1. The number of nitrogens with two attached hydrogens (primary N) is 1. The van der Waals surface area contributed by atoms with Gasteiger partial charge in [0.05, 0.1) is 5.02 Å². The van der Waals surface area contributed by atoms with Crippen molar-refractivity contribution in [2.24, 2.45) is 5.73 Å². The molecule has 1 aliphatic rings. The highest BCUT2D eigenvalue weighted by molar-refractivity contribution is 6.32. The van der Waals surface area contributed by atoms with E-state index in [1.807, 2.05) is 19.9 Å². The Hall–Kier alpha value is -0.730. The summed E-state index contributed by atoms with van der Waals surface area (Å²) in [5.41, 5.74) is 8.07. The van der Waals surface area contributed by atoms with Gasteiger partial charge in [-0.3, -0.25) is 0 Å². The second-order valence-electron chi connectivity index (χ2n) is 3.91. The van der Waals surface area contributed by atoms with Crippen LogP contribution >= 0.6 is 11.6 Å². The van der Waals surface area contributed by atoms with E-state index in [1.165, 1.54) is 5.56 Å². The molecule has 1 aliphatic heterocycles. The van der Waals surface area contributed by atoms with Crippen molar-refractivity contribution in [3.05, 3.63) is 28.3 Å². The minimum absolute atomic E-state index is 0.0220. The summed E-state index contributed by atoms with van der Waals surface area (Å²) in [6.45, 7) is 4.00. The van der Waals surface area contributed by atoms with Gasteiger partial charge in [0.1, 0.15) is 11.9 Å². The van der Waals surface area contributed by atoms with Crippen LogP contribution < -0.4 is 10.5 Å². The highest BCUT2D eigenvalue weighted by Crippen LogP contribution is 2.37. The van der Waals surface area contributed by atoms with Gasteiger partial charge in [0, 0.05) is 12.5 Å². The highest BCUT2D eigenvalue weighted by Gasteiger charge is 2.22. The first kappa shape index (κ1) is 9.81. The van der Waals surface area contributed by atoms with E-state index >= 15 is 0 Å². The number of ether oxygens (including phenoxy) is 1. The minimum atomic E-state index is 0.0220. The standard InChI is InChI=1S/C11H14ClNO/c1-6-3-9-4-8(7(2)13)5-10(12)11(9)14-6/h4-7H,3,13H2,1-2H3. The van der Waals surface area contributed by atoms with Crippen molar-refractivity contribution in [1.82, 2.24) is 0 Å². The Morgan fingerprint density at radius 3 is 2.93 bits per heavy atom. The van der Waals surface area contributed by atoms with Crippen molar-refractivity contribution in [3.63, 3.8) is 0 Å². The molecule has 0 aromatic heterocycles. The molecule has 0 aliphatic carbocycles. The van der Waals surface area contributed by atoms with Gasteiger partial charge in [0.15, 0.2) is 0 Å². The van der Waals surface area contributed by atoms with Crippen LogP contribution in [0.25, 0.3) is 0 Å². The van der Waals surface area contributed by atoms with Gasteiger partial charge in [-0.25, -0.2) is 0 Å². The van der Waals surface area contributed by atoms with Crippen molar-refractivity contribution in [2.75, 3.05) is 0 Å². The van der Waals surface area contributed by atoms with Crippen LogP contribution in [0.15, 0.2) is 12.1 Å². The fourth-order valence-corrected chi connectivity index (χ4v) is 2.06. The summed E-state index contributed by atoms with van der Waals surface area (Å²) in [5, 5.41) is 0.680. The fraction of sp³-hybridized carbons (Fsp3) is 0.455. The summed E-state index contributed by atoms with van der Waals surface area (Å²) in [6.07, 6.45) is 1.15. The Kier molecular flexibility index (Phi) is 2.41. The lowest BCUT2D eigenvalue weighted by molar-refractivity contribution is 0.255. The third-order valence-corrected chi connectivity index (χ3v) is 2.78. The van der Waals surface area contributed by atoms with Gasteiger partial charge in [-0.2, -0.15) is 0 Å². The Bertz CT molecular complexity index is 363. The predicted octanol–water partition coefficient (Wildman–Crippen LogP) is 2.68. The third kappa shape index (κ3) is 1.60. The van der Waals surface area contributed by atoms with Gasteiger partial charge in [0.2, 0.25) is 0 Å². The SMILES string of the molecule is CC1Cc2cc(C(C)N)cc(Cl)c2O1. The van der Waals surface area contributed by atoms with E-state index in [9.17, 15) is 0 Å². The zero-order chi connectivity index (χ0) is 10.3. The van der Waals surface area contributed by atoms with Crippen LogP contribution in [0.3, 0.4) is 0 Å². The lowest BCUT2D eigenvalue weighted by Gasteiger charge is -2.09. The summed E-state index contributed by atoms with van der Waals surface area (Å²) in [5.74, 6) is 0.837. The quantitative estimate of drug-likeness (QED) is 0.775. The van der Waals surface area contributed by atoms with Crippen molar-refractivity contribution in [2.45, 2.75) is 32.4 Å². The Morgan fingerprint density at radius 1 is 1.57 bits per heavy atom. The molecule has 1 aromatic carbocycles. The average Bonchev–Trinajstić information content (AvgIpc) is 2.45. The van der Waals surface area contributed by atoms with Crippen molar-refractivity contribution in [1.29, 1.82) is 0 Å².